The van der Waals surface area contributed by atoms with Crippen molar-refractivity contribution < 1.29 is 0 Å². The molecule has 0 amide bonds. The molecule has 1 aliphatic heterocycles. The Morgan fingerprint density at radius 2 is 1.52 bits per heavy atom. The Bertz CT molecular complexity index is 875. The Labute approximate surface area is 154 Å². The van der Waals surface area contributed by atoms with Gasteiger partial charge in [-0.1, -0.05) is 60.7 Å². The summed E-state index contributed by atoms with van der Waals surface area (Å²) in [7, 11) is 0. The first-order chi connectivity index (χ1) is 12.3. The Balaban J connectivity index is 1.55. The zero-order valence-corrected chi connectivity index (χ0v) is 15.0. The molecule has 0 saturated heterocycles. The van der Waals surface area contributed by atoms with Crippen molar-refractivity contribution in [2.45, 2.75) is 13.1 Å². The molecule has 3 aromatic rings. The van der Waals surface area contributed by atoms with Crippen molar-refractivity contribution >= 4 is 21.8 Å². The largest absolute Gasteiger partial charge is 0.266 e. The molecule has 0 spiro atoms. The second-order valence-corrected chi connectivity index (χ2v) is 6.47. The number of nitrogens with one attached hydrogen (secondary N) is 2. The quantitative estimate of drug-likeness (QED) is 0.695. The zero-order chi connectivity index (χ0) is 17.1. The molecule has 0 saturated carbocycles. The maximum absolute atomic E-state index is 4.50. The second-order valence-electron chi connectivity index (χ2n) is 5.72. The number of hydrogen-bond donors (Lipinski definition) is 2. The summed E-state index contributed by atoms with van der Waals surface area (Å²) in [5.74, 6) is 0.801. The highest BCUT2D eigenvalue weighted by Gasteiger charge is 2.23. The molecule has 2 heterocycles. The lowest BCUT2D eigenvalue weighted by atomic mass is 10.2. The third kappa shape index (κ3) is 3.42. The van der Waals surface area contributed by atoms with Crippen LogP contribution in [0.15, 0.2) is 76.6 Å². The van der Waals surface area contributed by atoms with E-state index in [1.54, 1.807) is 0 Å². The summed E-state index contributed by atoms with van der Waals surface area (Å²) in [5.41, 5.74) is 9.22. The van der Waals surface area contributed by atoms with Gasteiger partial charge in [-0.15, -0.1) is 10.6 Å². The molecule has 0 atom stereocenters. The molecule has 2 N–H and O–H groups in total. The predicted molar refractivity (Wildman–Crippen MR) is 100 cm³/mol. The number of hydrazone groups is 1. The number of hydrazine groups is 2. The number of benzene rings is 2. The van der Waals surface area contributed by atoms with Crippen LogP contribution in [0.4, 0.5) is 0 Å². The summed E-state index contributed by atoms with van der Waals surface area (Å²) in [6, 6.07) is 20.5. The van der Waals surface area contributed by atoms with Gasteiger partial charge >= 0.3 is 0 Å². The molecule has 0 unspecified atom stereocenters. The van der Waals surface area contributed by atoms with Gasteiger partial charge in [0.15, 0.2) is 5.84 Å². The molecule has 0 fully saturated rings. The summed E-state index contributed by atoms with van der Waals surface area (Å²) in [5, 5.41) is 10.8. The summed E-state index contributed by atoms with van der Waals surface area (Å²) < 4.78 is 2.82. The average molecular weight is 397 g/mol. The number of halogens is 1. The van der Waals surface area contributed by atoms with Gasteiger partial charge in [0.25, 0.3) is 0 Å². The number of rotatable bonds is 5. The van der Waals surface area contributed by atoms with Crippen LogP contribution in [0.25, 0.3) is 0 Å². The van der Waals surface area contributed by atoms with E-state index in [4.69, 9.17) is 0 Å². The summed E-state index contributed by atoms with van der Waals surface area (Å²) in [6.45, 7) is 1.40. The van der Waals surface area contributed by atoms with Gasteiger partial charge in [0.2, 0.25) is 0 Å². The van der Waals surface area contributed by atoms with Crippen molar-refractivity contribution in [3.63, 3.8) is 0 Å². The number of nitrogens with zero attached hydrogens (tertiary/aromatic N) is 4. The lowest BCUT2D eigenvalue weighted by Crippen LogP contribution is -2.40. The smallest absolute Gasteiger partial charge is 0.177 e. The van der Waals surface area contributed by atoms with Gasteiger partial charge in [0.1, 0.15) is 4.60 Å². The minimum absolute atomic E-state index is 0.697. The molecule has 1 aromatic heterocycles. The van der Waals surface area contributed by atoms with Crippen molar-refractivity contribution in [3.8, 4) is 0 Å². The van der Waals surface area contributed by atoms with Gasteiger partial charge in [0, 0.05) is 0 Å². The third-order valence-electron chi connectivity index (χ3n) is 3.98. The molecule has 6 nitrogen and oxygen atoms in total. The van der Waals surface area contributed by atoms with Gasteiger partial charge < -0.3 is 0 Å². The first kappa shape index (κ1) is 15.9. The third-order valence-corrected chi connectivity index (χ3v) is 4.81. The number of amidine groups is 1. The molecule has 7 heteroatoms. The Morgan fingerprint density at radius 1 is 0.880 bits per heavy atom. The molecule has 4 rings (SSSR count). The first-order valence-corrected chi connectivity index (χ1v) is 8.76. The summed E-state index contributed by atoms with van der Waals surface area (Å²) in [4.78, 5) is 0. The van der Waals surface area contributed by atoms with Crippen LogP contribution in [0.2, 0.25) is 0 Å². The van der Waals surface area contributed by atoms with Crippen LogP contribution in [0.5, 0.6) is 0 Å². The zero-order valence-electron chi connectivity index (χ0n) is 13.4. The van der Waals surface area contributed by atoms with Gasteiger partial charge in [-0.25, -0.2) is 5.53 Å². The maximum atomic E-state index is 4.50. The molecule has 2 aromatic carbocycles. The van der Waals surface area contributed by atoms with E-state index >= 15 is 0 Å². The molecular formula is C18H17BrN6. The van der Waals surface area contributed by atoms with E-state index < -0.39 is 0 Å². The van der Waals surface area contributed by atoms with Crippen molar-refractivity contribution in [2.75, 3.05) is 0 Å². The van der Waals surface area contributed by atoms with E-state index in [0.29, 0.717) is 13.1 Å². The van der Waals surface area contributed by atoms with E-state index in [2.05, 4.69) is 61.5 Å². The van der Waals surface area contributed by atoms with Crippen molar-refractivity contribution in [1.82, 2.24) is 25.9 Å². The predicted octanol–water partition coefficient (Wildman–Crippen LogP) is 2.88. The van der Waals surface area contributed by atoms with Crippen LogP contribution in [-0.4, -0.2) is 20.6 Å². The van der Waals surface area contributed by atoms with Crippen LogP contribution in [0.3, 0.4) is 0 Å². The molecule has 25 heavy (non-hydrogen) atoms. The van der Waals surface area contributed by atoms with E-state index in [9.17, 15) is 0 Å². The molecule has 0 radical (unpaired) electrons. The molecule has 0 aliphatic carbocycles. The Morgan fingerprint density at radius 3 is 2.20 bits per heavy atom. The lowest BCUT2D eigenvalue weighted by molar-refractivity contribution is 0.288. The summed E-state index contributed by atoms with van der Waals surface area (Å²) >= 11 is 3.67. The van der Waals surface area contributed by atoms with Crippen LogP contribution >= 0.6 is 15.9 Å². The van der Waals surface area contributed by atoms with Crippen LogP contribution in [-0.2, 0) is 13.1 Å². The average Bonchev–Trinajstić information content (AvgIpc) is 3.24. The molecule has 0 bridgehead atoms. The van der Waals surface area contributed by atoms with Gasteiger partial charge in [-0.3, -0.25) is 9.69 Å². The molecule has 126 valence electrons. The van der Waals surface area contributed by atoms with Crippen LogP contribution in [0, 0.1) is 0 Å². The highest BCUT2D eigenvalue weighted by molar-refractivity contribution is 9.10. The summed E-state index contributed by atoms with van der Waals surface area (Å²) in [6.07, 6.45) is 1.83. The normalized spacial score (nSPS) is 13.6. The van der Waals surface area contributed by atoms with Gasteiger partial charge in [0.05, 0.1) is 24.8 Å². The lowest BCUT2D eigenvalue weighted by Gasteiger charge is -2.18. The van der Waals surface area contributed by atoms with E-state index in [-0.39, 0.29) is 0 Å². The van der Waals surface area contributed by atoms with Gasteiger partial charge in [-0.2, -0.15) is 5.10 Å². The van der Waals surface area contributed by atoms with Crippen molar-refractivity contribution in [3.05, 3.63) is 88.2 Å². The van der Waals surface area contributed by atoms with E-state index in [1.165, 1.54) is 11.1 Å². The standard InChI is InChI=1S/C18H17BrN6/c19-17-16(11-20-24(17)12-14-7-3-1-4-8-14)18-21-22-23-25(18)13-15-9-5-2-6-10-15/h1-11,22-23H,12-13H2. The number of hydrogen-bond acceptors (Lipinski definition) is 5. The van der Waals surface area contributed by atoms with E-state index in [1.807, 2.05) is 52.3 Å². The van der Waals surface area contributed by atoms with E-state index in [0.717, 1.165) is 16.0 Å². The monoisotopic (exact) mass is 396 g/mol. The highest BCUT2D eigenvalue weighted by atomic mass is 79.9. The fourth-order valence-corrected chi connectivity index (χ4v) is 3.22. The Hall–Kier alpha value is -2.64. The Kier molecular flexibility index (Phi) is 4.49. The SMILES string of the molecule is Brc1c(C2=NNNN2Cc2ccccc2)cnn1Cc1ccccc1. The molecule has 1 aliphatic rings. The van der Waals surface area contributed by atoms with Crippen molar-refractivity contribution in [1.29, 1.82) is 0 Å². The number of aromatic nitrogens is 2. The fourth-order valence-electron chi connectivity index (χ4n) is 2.72. The second kappa shape index (κ2) is 7.08. The molecular weight excluding hydrogens is 380 g/mol. The minimum Gasteiger partial charge on any atom is -0.266 e. The van der Waals surface area contributed by atoms with Gasteiger partial charge in [-0.05, 0) is 27.1 Å². The minimum atomic E-state index is 0.697. The van der Waals surface area contributed by atoms with Crippen LogP contribution < -0.4 is 11.1 Å². The van der Waals surface area contributed by atoms with Crippen LogP contribution in [0.1, 0.15) is 16.7 Å². The first-order valence-electron chi connectivity index (χ1n) is 7.96. The topological polar surface area (TPSA) is 57.5 Å². The highest BCUT2D eigenvalue weighted by Crippen LogP contribution is 2.21. The maximum Gasteiger partial charge on any atom is 0.177 e. The van der Waals surface area contributed by atoms with Crippen molar-refractivity contribution in [2.24, 2.45) is 5.10 Å². The fraction of sp³-hybridized carbons (Fsp3) is 0.111.